The highest BCUT2D eigenvalue weighted by Crippen LogP contribution is 2.60. The summed E-state index contributed by atoms with van der Waals surface area (Å²) in [5.74, 6) is 0.521. The van der Waals surface area contributed by atoms with E-state index in [2.05, 4.69) is 0 Å². The van der Waals surface area contributed by atoms with Crippen molar-refractivity contribution in [1.82, 2.24) is 0 Å². The van der Waals surface area contributed by atoms with Gasteiger partial charge in [-0.3, -0.25) is 9.59 Å². The molecule has 2 saturated carbocycles. The van der Waals surface area contributed by atoms with Gasteiger partial charge in [-0.05, 0) is 24.7 Å². The highest BCUT2D eigenvalue weighted by atomic mass is 16.4. The predicted molar refractivity (Wildman–Crippen MR) is 46.1 cm³/mol. The molecule has 13 heavy (non-hydrogen) atoms. The summed E-state index contributed by atoms with van der Waals surface area (Å²) in [5.41, 5.74) is 0. The molecule has 3 heteroatoms. The standard InChI is InChI=1S/C10H14O3/c1-2-8(11)9-6-3-5(10(12)13)4-7(6)9/h5-7,9H,2-4H2,1H3,(H,12,13)/t5?,6-,7+,9?. The van der Waals surface area contributed by atoms with E-state index in [0.29, 0.717) is 24.0 Å². The number of ketones is 1. The third-order valence-electron chi connectivity index (χ3n) is 3.51. The zero-order valence-electron chi connectivity index (χ0n) is 7.69. The molecule has 2 aliphatic rings. The number of aliphatic carboxylic acids is 1. The minimum Gasteiger partial charge on any atom is -0.481 e. The fraction of sp³-hybridized carbons (Fsp3) is 0.800. The molecule has 0 aromatic rings. The molecule has 72 valence electrons. The van der Waals surface area contributed by atoms with Gasteiger partial charge in [-0.1, -0.05) is 6.92 Å². The van der Waals surface area contributed by atoms with Crippen molar-refractivity contribution < 1.29 is 14.7 Å². The van der Waals surface area contributed by atoms with Gasteiger partial charge in [-0.2, -0.15) is 0 Å². The summed E-state index contributed by atoms with van der Waals surface area (Å²) in [7, 11) is 0. The van der Waals surface area contributed by atoms with Gasteiger partial charge in [-0.25, -0.2) is 0 Å². The van der Waals surface area contributed by atoms with Crippen LogP contribution in [0.4, 0.5) is 0 Å². The van der Waals surface area contributed by atoms with Crippen LogP contribution in [0.1, 0.15) is 26.2 Å². The van der Waals surface area contributed by atoms with Gasteiger partial charge in [0.25, 0.3) is 0 Å². The molecule has 0 bridgehead atoms. The molecule has 0 amide bonds. The number of Topliss-reactive ketones (excluding diaryl/α,β-unsaturated/α-hetero) is 1. The third kappa shape index (κ3) is 1.26. The normalized spacial score (nSPS) is 41.3. The fourth-order valence-electron chi connectivity index (χ4n) is 2.76. The molecule has 0 saturated heterocycles. The van der Waals surface area contributed by atoms with Crippen molar-refractivity contribution in [1.29, 1.82) is 0 Å². The number of hydrogen-bond acceptors (Lipinski definition) is 2. The Balaban J connectivity index is 1.90. The van der Waals surface area contributed by atoms with Gasteiger partial charge >= 0.3 is 5.97 Å². The molecule has 2 unspecified atom stereocenters. The molecule has 3 nitrogen and oxygen atoms in total. The molecule has 2 rings (SSSR count). The van der Waals surface area contributed by atoms with E-state index in [9.17, 15) is 9.59 Å². The van der Waals surface area contributed by atoms with E-state index >= 15 is 0 Å². The Hall–Kier alpha value is -0.860. The van der Waals surface area contributed by atoms with Gasteiger partial charge in [0, 0.05) is 12.3 Å². The van der Waals surface area contributed by atoms with Crippen molar-refractivity contribution in [2.24, 2.45) is 23.7 Å². The average Bonchev–Trinajstić information content (AvgIpc) is 2.58. The molecule has 0 radical (unpaired) electrons. The van der Waals surface area contributed by atoms with E-state index in [1.165, 1.54) is 0 Å². The van der Waals surface area contributed by atoms with Crippen molar-refractivity contribution in [3.63, 3.8) is 0 Å². The van der Waals surface area contributed by atoms with Gasteiger partial charge in [-0.15, -0.1) is 0 Å². The second-order valence-corrected chi connectivity index (χ2v) is 4.18. The van der Waals surface area contributed by atoms with E-state index in [1.807, 2.05) is 6.92 Å². The summed E-state index contributed by atoms with van der Waals surface area (Å²) in [6.45, 7) is 1.88. The third-order valence-corrected chi connectivity index (χ3v) is 3.51. The molecular weight excluding hydrogens is 168 g/mol. The van der Waals surface area contributed by atoms with E-state index in [-0.39, 0.29) is 11.8 Å². The molecule has 1 N–H and O–H groups in total. The number of carbonyl (C=O) groups is 2. The van der Waals surface area contributed by atoms with Crippen LogP contribution in [-0.4, -0.2) is 16.9 Å². The van der Waals surface area contributed by atoms with Crippen molar-refractivity contribution in [2.45, 2.75) is 26.2 Å². The average molecular weight is 182 g/mol. The summed E-state index contributed by atoms with van der Waals surface area (Å²) in [6.07, 6.45) is 2.07. The monoisotopic (exact) mass is 182 g/mol. The molecule has 0 spiro atoms. The SMILES string of the molecule is CCC(=O)C1[C@H]2CC(C(=O)O)C[C@@H]12. The van der Waals surface area contributed by atoms with Crippen molar-refractivity contribution in [3.05, 3.63) is 0 Å². The van der Waals surface area contributed by atoms with Crippen molar-refractivity contribution in [3.8, 4) is 0 Å². The lowest BCUT2D eigenvalue weighted by atomic mass is 9.98. The Labute approximate surface area is 77.1 Å². The quantitative estimate of drug-likeness (QED) is 0.716. The molecular formula is C10H14O3. The first-order chi connectivity index (χ1) is 6.15. The first-order valence-corrected chi connectivity index (χ1v) is 4.90. The van der Waals surface area contributed by atoms with E-state index < -0.39 is 5.97 Å². The van der Waals surface area contributed by atoms with Crippen LogP contribution < -0.4 is 0 Å². The van der Waals surface area contributed by atoms with Crippen LogP contribution in [0, 0.1) is 23.7 Å². The molecule has 0 heterocycles. The topological polar surface area (TPSA) is 54.4 Å². The van der Waals surface area contributed by atoms with Crippen LogP contribution in [0.15, 0.2) is 0 Å². The van der Waals surface area contributed by atoms with Crippen molar-refractivity contribution in [2.75, 3.05) is 0 Å². The van der Waals surface area contributed by atoms with Gasteiger partial charge < -0.3 is 5.11 Å². The maximum atomic E-state index is 11.3. The number of hydrogen-bond donors (Lipinski definition) is 1. The van der Waals surface area contributed by atoms with Gasteiger partial charge in [0.2, 0.25) is 0 Å². The highest BCUT2D eigenvalue weighted by molar-refractivity contribution is 5.85. The van der Waals surface area contributed by atoms with Crippen LogP contribution in [0.3, 0.4) is 0 Å². The second-order valence-electron chi connectivity index (χ2n) is 4.18. The number of rotatable bonds is 3. The summed E-state index contributed by atoms with van der Waals surface area (Å²) in [6, 6.07) is 0. The molecule has 0 aromatic heterocycles. The van der Waals surface area contributed by atoms with Crippen LogP contribution in [0.2, 0.25) is 0 Å². The van der Waals surface area contributed by atoms with Crippen LogP contribution in [0.5, 0.6) is 0 Å². The van der Waals surface area contributed by atoms with Gasteiger partial charge in [0.1, 0.15) is 5.78 Å². The maximum Gasteiger partial charge on any atom is 0.306 e. The zero-order valence-corrected chi connectivity index (χ0v) is 7.69. The smallest absolute Gasteiger partial charge is 0.306 e. The molecule has 0 aliphatic heterocycles. The molecule has 4 atom stereocenters. The number of carboxylic acid groups (broad SMARTS) is 1. The Bertz CT molecular complexity index is 247. The minimum atomic E-state index is -0.685. The van der Waals surface area contributed by atoms with Crippen LogP contribution in [0.25, 0.3) is 0 Å². The first-order valence-electron chi connectivity index (χ1n) is 4.90. The van der Waals surface area contributed by atoms with E-state index in [4.69, 9.17) is 5.11 Å². The number of fused-ring (bicyclic) bond motifs is 1. The Kier molecular flexibility index (Phi) is 1.90. The number of carboxylic acids is 1. The predicted octanol–water partition coefficient (Wildman–Crippen LogP) is 1.32. The minimum absolute atomic E-state index is 0.170. The number of carbonyl (C=O) groups excluding carboxylic acids is 1. The molecule has 2 fully saturated rings. The molecule has 0 aromatic carbocycles. The van der Waals surface area contributed by atoms with Gasteiger partial charge in [0.05, 0.1) is 5.92 Å². The first kappa shape index (κ1) is 8.73. The summed E-state index contributed by atoms with van der Waals surface area (Å²) in [5, 5.41) is 8.75. The highest BCUT2D eigenvalue weighted by Gasteiger charge is 2.59. The lowest BCUT2D eigenvalue weighted by Crippen LogP contribution is -2.15. The second kappa shape index (κ2) is 2.82. The summed E-state index contributed by atoms with van der Waals surface area (Å²) >= 11 is 0. The maximum absolute atomic E-state index is 11.3. The van der Waals surface area contributed by atoms with E-state index in [1.54, 1.807) is 0 Å². The Morgan fingerprint density at radius 1 is 1.31 bits per heavy atom. The van der Waals surface area contributed by atoms with E-state index in [0.717, 1.165) is 12.8 Å². The van der Waals surface area contributed by atoms with Crippen LogP contribution >= 0.6 is 0 Å². The molecule has 2 aliphatic carbocycles. The summed E-state index contributed by atoms with van der Waals surface area (Å²) in [4.78, 5) is 21.9. The largest absolute Gasteiger partial charge is 0.481 e. The van der Waals surface area contributed by atoms with Gasteiger partial charge in [0.15, 0.2) is 0 Å². The Morgan fingerprint density at radius 3 is 2.23 bits per heavy atom. The lowest BCUT2D eigenvalue weighted by molar-refractivity contribution is -0.142. The Morgan fingerprint density at radius 2 is 1.85 bits per heavy atom. The fourth-order valence-corrected chi connectivity index (χ4v) is 2.76. The lowest BCUT2D eigenvalue weighted by Gasteiger charge is -2.07. The zero-order chi connectivity index (χ0) is 9.59. The van der Waals surface area contributed by atoms with Crippen LogP contribution in [-0.2, 0) is 9.59 Å². The van der Waals surface area contributed by atoms with Crippen molar-refractivity contribution >= 4 is 11.8 Å². The summed E-state index contributed by atoms with van der Waals surface area (Å²) < 4.78 is 0.